The number of halogens is 1. The molecule has 0 saturated heterocycles. The third-order valence-electron chi connectivity index (χ3n) is 5.76. The Labute approximate surface area is 188 Å². The van der Waals surface area contributed by atoms with Crippen molar-refractivity contribution in [2.45, 2.75) is 76.3 Å². The van der Waals surface area contributed by atoms with Crippen molar-refractivity contribution in [2.24, 2.45) is 11.8 Å². The Bertz CT molecular complexity index is 670. The van der Waals surface area contributed by atoms with Crippen LogP contribution in [0.15, 0.2) is 30.4 Å². The number of aliphatic hydroxyl groups is 5. The van der Waals surface area contributed by atoms with Crippen LogP contribution in [-0.2, 0) is 6.42 Å². The van der Waals surface area contributed by atoms with E-state index in [-0.39, 0.29) is 18.4 Å². The minimum Gasteiger partial charge on any atom is -0.394 e. The van der Waals surface area contributed by atoms with Crippen LogP contribution in [0, 0.1) is 18.8 Å². The first kappa shape index (κ1) is 25.5. The molecule has 0 radical (unpaired) electrons. The van der Waals surface area contributed by atoms with Gasteiger partial charge in [0, 0.05) is 22.1 Å². The first-order valence-electron chi connectivity index (χ1n) is 10.7. The van der Waals surface area contributed by atoms with Gasteiger partial charge in [-0.05, 0) is 57.4 Å². The molecule has 5 N–H and O–H groups in total. The van der Waals surface area contributed by atoms with Crippen molar-refractivity contribution in [1.29, 1.82) is 0 Å². The summed E-state index contributed by atoms with van der Waals surface area (Å²) in [5.74, 6) is -0.268. The summed E-state index contributed by atoms with van der Waals surface area (Å²) >= 11 is 7.73. The van der Waals surface area contributed by atoms with Crippen LogP contribution in [0.3, 0.4) is 0 Å². The smallest absolute Gasteiger partial charge is 0.0771 e. The summed E-state index contributed by atoms with van der Waals surface area (Å²) in [5, 5.41) is 49.9. The minimum atomic E-state index is -0.660. The van der Waals surface area contributed by atoms with E-state index >= 15 is 0 Å². The van der Waals surface area contributed by atoms with Crippen LogP contribution in [0.2, 0.25) is 5.02 Å². The van der Waals surface area contributed by atoms with Crippen molar-refractivity contribution in [3.05, 3.63) is 45.1 Å². The maximum absolute atomic E-state index is 10.3. The monoisotopic (exact) mass is 458 g/mol. The van der Waals surface area contributed by atoms with E-state index in [4.69, 9.17) is 16.7 Å². The first-order chi connectivity index (χ1) is 14.3. The van der Waals surface area contributed by atoms with Crippen LogP contribution >= 0.6 is 22.9 Å². The number of hydrogen-bond donors (Lipinski definition) is 5. The third kappa shape index (κ3) is 8.08. The lowest BCUT2D eigenvalue weighted by molar-refractivity contribution is 0.0868. The Morgan fingerprint density at radius 2 is 1.97 bits per heavy atom. The molecule has 7 heteroatoms. The summed E-state index contributed by atoms with van der Waals surface area (Å²) in [6.07, 6.45) is 9.66. The molecule has 0 aromatic carbocycles. The van der Waals surface area contributed by atoms with Crippen LogP contribution in [0.1, 0.15) is 48.3 Å². The van der Waals surface area contributed by atoms with Crippen LogP contribution in [0.25, 0.3) is 0 Å². The SMILES string of the molecule is Cc1sc(CCC(O)/C=C/C2C(O)CC(O)C2C/C=C/CCCC(O)CO)cc1Cl. The maximum atomic E-state index is 10.3. The molecule has 6 unspecified atom stereocenters. The second-order valence-electron chi connectivity index (χ2n) is 8.19. The van der Waals surface area contributed by atoms with E-state index in [1.165, 1.54) is 0 Å². The predicted octanol–water partition coefficient (Wildman–Crippen LogP) is 3.39. The summed E-state index contributed by atoms with van der Waals surface area (Å²) in [7, 11) is 0. The Morgan fingerprint density at radius 1 is 1.20 bits per heavy atom. The van der Waals surface area contributed by atoms with E-state index < -0.39 is 24.4 Å². The van der Waals surface area contributed by atoms with Gasteiger partial charge in [-0.15, -0.1) is 11.3 Å². The van der Waals surface area contributed by atoms with Gasteiger partial charge in [0.2, 0.25) is 0 Å². The molecule has 1 aromatic rings. The number of unbranched alkanes of at least 4 members (excludes halogenated alkanes) is 1. The van der Waals surface area contributed by atoms with E-state index in [1.54, 1.807) is 17.4 Å². The van der Waals surface area contributed by atoms with Crippen LogP contribution < -0.4 is 0 Å². The zero-order chi connectivity index (χ0) is 22.1. The van der Waals surface area contributed by atoms with Crippen molar-refractivity contribution in [3.63, 3.8) is 0 Å². The molecular weight excluding hydrogens is 424 g/mol. The summed E-state index contributed by atoms with van der Waals surface area (Å²) < 4.78 is 0. The number of hydrogen-bond acceptors (Lipinski definition) is 6. The standard InChI is InChI=1S/C23H35ClO5S/c1-15-21(24)12-18(30-15)10-8-16(26)9-11-20-19(22(28)13-23(20)29)7-5-3-2-4-6-17(27)14-25/h3,5,9,11-12,16-17,19-20,22-23,25-29H,2,4,6-8,10,13-14H2,1H3/b5-3+,11-9+. The van der Waals surface area contributed by atoms with Gasteiger partial charge in [0.1, 0.15) is 0 Å². The highest BCUT2D eigenvalue weighted by Gasteiger charge is 2.39. The molecule has 170 valence electrons. The topological polar surface area (TPSA) is 101 Å². The fraction of sp³-hybridized carbons (Fsp3) is 0.652. The molecule has 0 amide bonds. The average Bonchev–Trinajstić information content (AvgIpc) is 3.17. The highest BCUT2D eigenvalue weighted by molar-refractivity contribution is 7.12. The average molecular weight is 459 g/mol. The predicted molar refractivity (Wildman–Crippen MR) is 122 cm³/mol. The Hall–Kier alpha value is -0.730. The molecule has 0 aliphatic heterocycles. The van der Waals surface area contributed by atoms with Crippen molar-refractivity contribution < 1.29 is 25.5 Å². The lowest BCUT2D eigenvalue weighted by atomic mass is 9.89. The number of allylic oxidation sites excluding steroid dienone is 2. The Kier molecular flexibility index (Phi) is 11.0. The zero-order valence-corrected chi connectivity index (χ0v) is 19.1. The number of thiophene rings is 1. The molecule has 1 fully saturated rings. The van der Waals surface area contributed by atoms with E-state index in [2.05, 4.69) is 0 Å². The van der Waals surface area contributed by atoms with E-state index in [1.807, 2.05) is 31.2 Å². The van der Waals surface area contributed by atoms with Crippen LogP contribution in [0.4, 0.5) is 0 Å². The van der Waals surface area contributed by atoms with Gasteiger partial charge in [0.05, 0.1) is 36.0 Å². The molecule has 1 aliphatic rings. The van der Waals surface area contributed by atoms with Gasteiger partial charge in [-0.1, -0.05) is 35.9 Å². The Morgan fingerprint density at radius 3 is 2.63 bits per heavy atom. The molecule has 6 atom stereocenters. The fourth-order valence-corrected chi connectivity index (χ4v) is 5.18. The van der Waals surface area contributed by atoms with E-state index in [0.29, 0.717) is 25.7 Å². The van der Waals surface area contributed by atoms with Gasteiger partial charge in [-0.25, -0.2) is 0 Å². The zero-order valence-electron chi connectivity index (χ0n) is 17.5. The first-order valence-corrected chi connectivity index (χ1v) is 11.9. The minimum absolute atomic E-state index is 0.0820. The van der Waals surface area contributed by atoms with E-state index in [0.717, 1.165) is 34.0 Å². The lowest BCUT2D eigenvalue weighted by Gasteiger charge is -2.19. The van der Waals surface area contributed by atoms with Crippen molar-refractivity contribution in [1.82, 2.24) is 0 Å². The molecule has 1 heterocycles. The second kappa shape index (κ2) is 13.0. The number of aliphatic hydroxyl groups excluding tert-OH is 5. The highest BCUT2D eigenvalue weighted by Crippen LogP contribution is 2.36. The number of rotatable bonds is 12. The molecule has 2 rings (SSSR count). The molecule has 0 bridgehead atoms. The molecular formula is C23H35ClO5S. The number of aryl methyl sites for hydroxylation is 2. The highest BCUT2D eigenvalue weighted by atomic mass is 35.5. The second-order valence-corrected chi connectivity index (χ2v) is 9.94. The van der Waals surface area contributed by atoms with Gasteiger partial charge in [0.25, 0.3) is 0 Å². The molecule has 1 saturated carbocycles. The van der Waals surface area contributed by atoms with Crippen molar-refractivity contribution in [2.75, 3.05) is 6.61 Å². The van der Waals surface area contributed by atoms with Crippen LogP contribution in [0.5, 0.6) is 0 Å². The summed E-state index contributed by atoms with van der Waals surface area (Å²) in [5.41, 5.74) is 0. The molecule has 1 aliphatic carbocycles. The molecule has 0 spiro atoms. The molecule has 1 aromatic heterocycles. The van der Waals surface area contributed by atoms with Gasteiger partial charge in [-0.2, -0.15) is 0 Å². The fourth-order valence-electron chi connectivity index (χ4n) is 3.92. The van der Waals surface area contributed by atoms with Gasteiger partial charge in [0.15, 0.2) is 0 Å². The quantitative estimate of drug-likeness (QED) is 0.244. The molecule has 30 heavy (non-hydrogen) atoms. The summed E-state index contributed by atoms with van der Waals surface area (Å²) in [6, 6.07) is 1.95. The van der Waals surface area contributed by atoms with Crippen molar-refractivity contribution >= 4 is 22.9 Å². The Balaban J connectivity index is 1.81. The maximum Gasteiger partial charge on any atom is 0.0771 e. The van der Waals surface area contributed by atoms with Gasteiger partial charge in [-0.3, -0.25) is 0 Å². The van der Waals surface area contributed by atoms with Crippen LogP contribution in [-0.4, -0.2) is 56.6 Å². The summed E-state index contributed by atoms with van der Waals surface area (Å²) in [6.45, 7) is 1.77. The summed E-state index contributed by atoms with van der Waals surface area (Å²) in [4.78, 5) is 2.23. The van der Waals surface area contributed by atoms with Crippen molar-refractivity contribution in [3.8, 4) is 0 Å². The van der Waals surface area contributed by atoms with E-state index in [9.17, 15) is 20.4 Å². The lowest BCUT2D eigenvalue weighted by Crippen LogP contribution is -2.20. The van der Waals surface area contributed by atoms with Gasteiger partial charge < -0.3 is 25.5 Å². The third-order valence-corrected chi connectivity index (χ3v) is 7.37. The van der Waals surface area contributed by atoms with Gasteiger partial charge >= 0.3 is 0 Å². The molecule has 5 nitrogen and oxygen atoms in total. The largest absolute Gasteiger partial charge is 0.394 e. The normalized spacial score (nSPS) is 26.8.